The Morgan fingerprint density at radius 2 is 2.04 bits per heavy atom. The number of nitrogens with zero attached hydrogens (tertiary/aromatic N) is 3. The molecule has 0 atom stereocenters. The number of rotatable bonds is 3. The number of ether oxygens (including phenoxy) is 1. The molecule has 0 aliphatic carbocycles. The zero-order valence-electron chi connectivity index (χ0n) is 12.1. The maximum absolute atomic E-state index is 12.9. The largest absolute Gasteiger partial charge is 0.470 e. The Labute approximate surface area is 133 Å². The lowest BCUT2D eigenvalue weighted by atomic mass is 10.1. The number of likely N-dealkylation sites (tertiary alicyclic amines) is 1. The number of H-pyrrole nitrogens is 1. The van der Waals surface area contributed by atoms with Crippen LogP contribution in [0.5, 0.6) is 5.88 Å². The zero-order chi connectivity index (χ0) is 17.3. The third-order valence-electron chi connectivity index (χ3n) is 3.39. The van der Waals surface area contributed by atoms with Gasteiger partial charge in [-0.15, -0.1) is 0 Å². The summed E-state index contributed by atoms with van der Waals surface area (Å²) < 4.78 is 43.8. The molecule has 7 nitrogen and oxygen atoms in total. The maximum Gasteiger partial charge on any atom is 0.421 e. The summed E-state index contributed by atoms with van der Waals surface area (Å²) in [5.74, 6) is -0.951. The number of alkyl halides is 3. The van der Waals surface area contributed by atoms with Gasteiger partial charge < -0.3 is 9.64 Å². The van der Waals surface area contributed by atoms with Crippen LogP contribution in [-0.4, -0.2) is 45.2 Å². The van der Waals surface area contributed by atoms with Crippen LogP contribution in [0.3, 0.4) is 0 Å². The molecule has 0 bridgehead atoms. The molecule has 1 aliphatic rings. The van der Waals surface area contributed by atoms with Crippen LogP contribution in [-0.2, 0) is 6.18 Å². The van der Waals surface area contributed by atoms with Gasteiger partial charge in [-0.05, 0) is 18.2 Å². The van der Waals surface area contributed by atoms with E-state index >= 15 is 0 Å². The first-order valence-electron chi connectivity index (χ1n) is 6.88. The zero-order valence-corrected chi connectivity index (χ0v) is 12.1. The van der Waals surface area contributed by atoms with Gasteiger partial charge in [-0.2, -0.15) is 18.3 Å². The van der Waals surface area contributed by atoms with Crippen LogP contribution in [0.15, 0.2) is 35.3 Å². The van der Waals surface area contributed by atoms with E-state index in [0.29, 0.717) is 0 Å². The summed E-state index contributed by atoms with van der Waals surface area (Å²) >= 11 is 0. The Morgan fingerprint density at radius 3 is 2.67 bits per heavy atom. The molecule has 1 N–H and O–H groups in total. The Kier molecular flexibility index (Phi) is 3.96. The van der Waals surface area contributed by atoms with E-state index in [-0.39, 0.29) is 18.8 Å². The molecule has 1 saturated heterocycles. The Balaban J connectivity index is 1.63. The number of aromatic amines is 1. The molecule has 3 rings (SSSR count). The van der Waals surface area contributed by atoms with Crippen LogP contribution in [0, 0.1) is 0 Å². The third-order valence-corrected chi connectivity index (χ3v) is 3.39. The van der Waals surface area contributed by atoms with Crippen LogP contribution in [0.4, 0.5) is 13.2 Å². The smallest absolute Gasteiger partial charge is 0.421 e. The number of hydrogen-bond donors (Lipinski definition) is 1. The molecular formula is C14H11F3N4O3. The number of nitrogens with one attached hydrogen (secondary N) is 1. The molecule has 1 aliphatic heterocycles. The number of halogens is 3. The fourth-order valence-electron chi connectivity index (χ4n) is 2.16. The molecule has 0 spiro atoms. The Hall–Kier alpha value is -2.91. The summed E-state index contributed by atoms with van der Waals surface area (Å²) in [6.07, 6.45) is -3.95. The van der Waals surface area contributed by atoms with Gasteiger partial charge in [0.1, 0.15) is 17.4 Å². The summed E-state index contributed by atoms with van der Waals surface area (Å²) in [7, 11) is 0. The molecule has 126 valence electrons. The average molecular weight is 340 g/mol. The van der Waals surface area contributed by atoms with E-state index < -0.39 is 35.2 Å². The van der Waals surface area contributed by atoms with Crippen LogP contribution in [0.1, 0.15) is 16.1 Å². The minimum atomic E-state index is -4.57. The van der Waals surface area contributed by atoms with Crippen molar-refractivity contribution in [2.24, 2.45) is 0 Å². The highest BCUT2D eigenvalue weighted by atomic mass is 19.4. The van der Waals surface area contributed by atoms with Crippen molar-refractivity contribution in [2.75, 3.05) is 13.1 Å². The molecule has 3 heterocycles. The SMILES string of the molecule is O=C(c1ccc(=O)[nH]n1)N1CC(Oc2ncccc2C(F)(F)F)C1. The molecule has 0 radical (unpaired) electrons. The second-order valence-corrected chi connectivity index (χ2v) is 5.11. The fourth-order valence-corrected chi connectivity index (χ4v) is 2.16. The van der Waals surface area contributed by atoms with Gasteiger partial charge in [0.2, 0.25) is 5.88 Å². The highest BCUT2D eigenvalue weighted by Gasteiger charge is 2.38. The van der Waals surface area contributed by atoms with E-state index in [0.717, 1.165) is 12.1 Å². The molecule has 1 fully saturated rings. The molecule has 10 heteroatoms. The van der Waals surface area contributed by atoms with E-state index in [1.807, 2.05) is 0 Å². The van der Waals surface area contributed by atoms with E-state index in [1.165, 1.54) is 23.2 Å². The maximum atomic E-state index is 12.9. The van der Waals surface area contributed by atoms with E-state index in [4.69, 9.17) is 4.74 Å². The van der Waals surface area contributed by atoms with E-state index in [2.05, 4.69) is 15.2 Å². The van der Waals surface area contributed by atoms with E-state index in [1.54, 1.807) is 0 Å². The van der Waals surface area contributed by atoms with Crippen LogP contribution in [0.25, 0.3) is 0 Å². The van der Waals surface area contributed by atoms with Crippen molar-refractivity contribution >= 4 is 5.91 Å². The summed E-state index contributed by atoms with van der Waals surface area (Å²) in [5, 5.41) is 5.75. The molecule has 2 aromatic heterocycles. The van der Waals surface area contributed by atoms with Crippen molar-refractivity contribution in [3.63, 3.8) is 0 Å². The number of hydrogen-bond acceptors (Lipinski definition) is 5. The molecule has 24 heavy (non-hydrogen) atoms. The molecule has 0 saturated carbocycles. The summed E-state index contributed by atoms with van der Waals surface area (Å²) in [5.41, 5.74) is -1.36. The van der Waals surface area contributed by atoms with Crippen molar-refractivity contribution in [3.8, 4) is 5.88 Å². The summed E-state index contributed by atoms with van der Waals surface area (Å²) in [6, 6.07) is 4.50. The van der Waals surface area contributed by atoms with Gasteiger partial charge in [0.15, 0.2) is 0 Å². The predicted molar refractivity (Wildman–Crippen MR) is 74.4 cm³/mol. The van der Waals surface area contributed by atoms with Gasteiger partial charge in [0, 0.05) is 12.3 Å². The van der Waals surface area contributed by atoms with Gasteiger partial charge in [-0.1, -0.05) is 0 Å². The first-order chi connectivity index (χ1) is 11.3. The molecule has 1 amide bonds. The number of aromatic nitrogens is 3. The number of amides is 1. The minimum absolute atomic E-state index is 0.0434. The lowest BCUT2D eigenvalue weighted by Crippen LogP contribution is -2.56. The highest BCUT2D eigenvalue weighted by molar-refractivity contribution is 5.92. The fraction of sp³-hybridized carbons (Fsp3) is 0.286. The standard InChI is InChI=1S/C14H11F3N4O3/c15-14(16,17)9-2-1-5-18-12(9)24-8-6-21(7-8)13(23)10-3-4-11(22)20-19-10/h1-5,8H,6-7H2,(H,20,22). The highest BCUT2D eigenvalue weighted by Crippen LogP contribution is 2.35. The van der Waals surface area contributed by atoms with Gasteiger partial charge in [-0.3, -0.25) is 9.59 Å². The predicted octanol–water partition coefficient (Wildman–Crippen LogP) is 1.09. The number of carbonyl (C=O) groups is 1. The van der Waals surface area contributed by atoms with Crippen LogP contribution >= 0.6 is 0 Å². The normalized spacial score (nSPS) is 15.0. The quantitative estimate of drug-likeness (QED) is 0.904. The summed E-state index contributed by atoms with van der Waals surface area (Å²) in [6.45, 7) is 0.209. The topological polar surface area (TPSA) is 88.2 Å². The third kappa shape index (κ3) is 3.21. The van der Waals surface area contributed by atoms with E-state index in [9.17, 15) is 22.8 Å². The van der Waals surface area contributed by atoms with Gasteiger partial charge in [-0.25, -0.2) is 10.1 Å². The van der Waals surface area contributed by atoms with Crippen LogP contribution < -0.4 is 10.3 Å². The minimum Gasteiger partial charge on any atom is -0.470 e. The second-order valence-electron chi connectivity index (χ2n) is 5.11. The lowest BCUT2D eigenvalue weighted by Gasteiger charge is -2.38. The van der Waals surface area contributed by atoms with Crippen molar-refractivity contribution in [3.05, 3.63) is 52.1 Å². The number of pyridine rings is 1. The Bertz CT molecular complexity index is 795. The van der Waals surface area contributed by atoms with Crippen molar-refractivity contribution in [1.29, 1.82) is 0 Å². The monoisotopic (exact) mass is 340 g/mol. The van der Waals surface area contributed by atoms with Gasteiger partial charge in [0.25, 0.3) is 11.5 Å². The molecule has 0 aromatic carbocycles. The molecule has 0 unspecified atom stereocenters. The van der Waals surface area contributed by atoms with Gasteiger partial charge in [0.05, 0.1) is 13.1 Å². The summed E-state index contributed by atoms with van der Waals surface area (Å²) in [4.78, 5) is 27.9. The average Bonchev–Trinajstić information content (AvgIpc) is 2.50. The van der Waals surface area contributed by atoms with Crippen molar-refractivity contribution < 1.29 is 22.7 Å². The lowest BCUT2D eigenvalue weighted by molar-refractivity contribution is -0.140. The number of carbonyl (C=O) groups excluding carboxylic acids is 1. The first kappa shape index (κ1) is 16.0. The molecule has 2 aromatic rings. The molecular weight excluding hydrogens is 329 g/mol. The second kappa shape index (κ2) is 5.95. The van der Waals surface area contributed by atoms with Gasteiger partial charge >= 0.3 is 6.18 Å². The first-order valence-corrected chi connectivity index (χ1v) is 6.88. The van der Waals surface area contributed by atoms with Crippen molar-refractivity contribution in [2.45, 2.75) is 12.3 Å². The Morgan fingerprint density at radius 1 is 1.29 bits per heavy atom. The van der Waals surface area contributed by atoms with Crippen molar-refractivity contribution in [1.82, 2.24) is 20.1 Å². The van der Waals surface area contributed by atoms with Crippen LogP contribution in [0.2, 0.25) is 0 Å².